The Labute approximate surface area is 122 Å². The molecule has 0 bridgehead atoms. The number of aromatic nitrogens is 3. The SMILES string of the molecule is CNc1nc(C2CC2)nc(NCCc2cscn2)c1C. The highest BCUT2D eigenvalue weighted by molar-refractivity contribution is 7.07. The van der Waals surface area contributed by atoms with E-state index in [9.17, 15) is 0 Å². The maximum Gasteiger partial charge on any atom is 0.136 e. The van der Waals surface area contributed by atoms with Crippen LogP contribution in [0.2, 0.25) is 0 Å². The maximum atomic E-state index is 4.68. The van der Waals surface area contributed by atoms with Crippen molar-refractivity contribution in [3.05, 3.63) is 28.0 Å². The molecule has 106 valence electrons. The van der Waals surface area contributed by atoms with E-state index in [2.05, 4.69) is 31.0 Å². The Morgan fingerprint density at radius 3 is 2.75 bits per heavy atom. The van der Waals surface area contributed by atoms with Gasteiger partial charge in [-0.2, -0.15) is 0 Å². The normalized spacial score (nSPS) is 14.3. The van der Waals surface area contributed by atoms with Crippen LogP contribution in [0.25, 0.3) is 0 Å². The lowest BCUT2D eigenvalue weighted by atomic mass is 10.2. The second kappa shape index (κ2) is 5.75. The number of hydrogen-bond acceptors (Lipinski definition) is 6. The van der Waals surface area contributed by atoms with E-state index in [-0.39, 0.29) is 0 Å². The Bertz CT molecular complexity index is 578. The zero-order valence-corrected chi connectivity index (χ0v) is 12.6. The molecule has 0 atom stereocenters. The highest BCUT2D eigenvalue weighted by Crippen LogP contribution is 2.39. The minimum atomic E-state index is 0.557. The molecule has 6 heteroatoms. The van der Waals surface area contributed by atoms with Gasteiger partial charge in [-0.15, -0.1) is 11.3 Å². The molecule has 1 saturated carbocycles. The topological polar surface area (TPSA) is 62.7 Å². The second-order valence-electron chi connectivity index (χ2n) is 5.08. The Morgan fingerprint density at radius 1 is 1.30 bits per heavy atom. The van der Waals surface area contributed by atoms with Crippen LogP contribution in [0.3, 0.4) is 0 Å². The van der Waals surface area contributed by atoms with Crippen LogP contribution in [0.15, 0.2) is 10.9 Å². The molecule has 2 aromatic rings. The number of nitrogens with zero attached hydrogens (tertiary/aromatic N) is 3. The van der Waals surface area contributed by atoms with Gasteiger partial charge in [-0.05, 0) is 19.8 Å². The average molecular weight is 289 g/mol. The van der Waals surface area contributed by atoms with Crippen LogP contribution >= 0.6 is 11.3 Å². The lowest BCUT2D eigenvalue weighted by molar-refractivity contribution is 0.902. The first-order valence-corrected chi connectivity index (χ1v) is 7.89. The third-order valence-corrected chi connectivity index (χ3v) is 4.13. The lowest BCUT2D eigenvalue weighted by Gasteiger charge is -2.13. The van der Waals surface area contributed by atoms with E-state index >= 15 is 0 Å². The van der Waals surface area contributed by atoms with Crippen LogP contribution in [-0.4, -0.2) is 28.5 Å². The molecule has 20 heavy (non-hydrogen) atoms. The highest BCUT2D eigenvalue weighted by Gasteiger charge is 2.28. The number of hydrogen-bond donors (Lipinski definition) is 2. The van der Waals surface area contributed by atoms with E-state index in [0.29, 0.717) is 5.92 Å². The van der Waals surface area contributed by atoms with E-state index in [4.69, 9.17) is 0 Å². The van der Waals surface area contributed by atoms with Crippen molar-refractivity contribution in [1.29, 1.82) is 0 Å². The largest absolute Gasteiger partial charge is 0.373 e. The maximum absolute atomic E-state index is 4.68. The molecular weight excluding hydrogens is 270 g/mol. The van der Waals surface area contributed by atoms with Gasteiger partial charge in [0.25, 0.3) is 0 Å². The molecule has 0 aliphatic heterocycles. The summed E-state index contributed by atoms with van der Waals surface area (Å²) in [4.78, 5) is 13.6. The summed E-state index contributed by atoms with van der Waals surface area (Å²) in [7, 11) is 1.91. The summed E-state index contributed by atoms with van der Waals surface area (Å²) in [5, 5.41) is 8.67. The molecule has 1 aliphatic carbocycles. The summed E-state index contributed by atoms with van der Waals surface area (Å²) < 4.78 is 0. The molecule has 0 radical (unpaired) electrons. The minimum Gasteiger partial charge on any atom is -0.373 e. The van der Waals surface area contributed by atoms with Crippen LogP contribution in [-0.2, 0) is 6.42 Å². The van der Waals surface area contributed by atoms with E-state index in [0.717, 1.165) is 41.7 Å². The molecule has 0 amide bonds. The van der Waals surface area contributed by atoms with Crippen molar-refractivity contribution < 1.29 is 0 Å². The third-order valence-electron chi connectivity index (χ3n) is 3.50. The molecule has 3 rings (SSSR count). The minimum absolute atomic E-state index is 0.557. The molecule has 1 fully saturated rings. The van der Waals surface area contributed by atoms with E-state index < -0.39 is 0 Å². The third kappa shape index (κ3) is 2.90. The van der Waals surface area contributed by atoms with E-state index in [1.807, 2.05) is 19.5 Å². The van der Waals surface area contributed by atoms with Gasteiger partial charge in [-0.25, -0.2) is 15.0 Å². The zero-order chi connectivity index (χ0) is 13.9. The Balaban J connectivity index is 1.72. The molecule has 0 aromatic carbocycles. The Morgan fingerprint density at radius 2 is 2.10 bits per heavy atom. The Hall–Kier alpha value is -1.69. The summed E-state index contributed by atoms with van der Waals surface area (Å²) in [5.74, 6) is 3.40. The summed E-state index contributed by atoms with van der Waals surface area (Å²) >= 11 is 1.64. The van der Waals surface area contributed by atoms with Crippen molar-refractivity contribution in [3.63, 3.8) is 0 Å². The second-order valence-corrected chi connectivity index (χ2v) is 5.80. The monoisotopic (exact) mass is 289 g/mol. The molecule has 1 aliphatic rings. The first-order chi connectivity index (χ1) is 9.78. The van der Waals surface area contributed by atoms with Crippen molar-refractivity contribution in [2.45, 2.75) is 32.1 Å². The van der Waals surface area contributed by atoms with Gasteiger partial charge in [0.1, 0.15) is 17.5 Å². The number of rotatable bonds is 6. The predicted molar refractivity (Wildman–Crippen MR) is 82.6 cm³/mol. The van der Waals surface area contributed by atoms with Gasteiger partial charge in [0, 0.05) is 36.9 Å². The van der Waals surface area contributed by atoms with Crippen LogP contribution < -0.4 is 10.6 Å². The van der Waals surface area contributed by atoms with Crippen molar-refractivity contribution in [2.75, 3.05) is 24.2 Å². The first-order valence-electron chi connectivity index (χ1n) is 6.95. The molecule has 0 spiro atoms. The lowest BCUT2D eigenvalue weighted by Crippen LogP contribution is -2.11. The Kier molecular flexibility index (Phi) is 3.82. The van der Waals surface area contributed by atoms with Gasteiger partial charge in [0.2, 0.25) is 0 Å². The van der Waals surface area contributed by atoms with Gasteiger partial charge in [0.15, 0.2) is 0 Å². The van der Waals surface area contributed by atoms with Gasteiger partial charge in [-0.3, -0.25) is 0 Å². The number of anilines is 2. The molecule has 2 heterocycles. The van der Waals surface area contributed by atoms with Gasteiger partial charge in [0.05, 0.1) is 11.2 Å². The van der Waals surface area contributed by atoms with Crippen LogP contribution in [0, 0.1) is 6.92 Å². The van der Waals surface area contributed by atoms with Crippen molar-refractivity contribution >= 4 is 23.0 Å². The average Bonchev–Trinajstić information content (AvgIpc) is 3.18. The fourth-order valence-electron chi connectivity index (χ4n) is 2.14. The molecule has 2 N–H and O–H groups in total. The van der Waals surface area contributed by atoms with Gasteiger partial charge >= 0.3 is 0 Å². The van der Waals surface area contributed by atoms with Gasteiger partial charge < -0.3 is 10.6 Å². The molecule has 0 saturated heterocycles. The molecule has 2 aromatic heterocycles. The molecular formula is C14H19N5S. The van der Waals surface area contributed by atoms with Crippen LogP contribution in [0.4, 0.5) is 11.6 Å². The quantitative estimate of drug-likeness (QED) is 0.856. The van der Waals surface area contributed by atoms with Crippen molar-refractivity contribution in [2.24, 2.45) is 0 Å². The van der Waals surface area contributed by atoms with Crippen LogP contribution in [0.5, 0.6) is 0 Å². The van der Waals surface area contributed by atoms with E-state index in [1.165, 1.54) is 12.8 Å². The fourth-order valence-corrected chi connectivity index (χ4v) is 2.74. The zero-order valence-electron chi connectivity index (χ0n) is 11.8. The number of thiazole rings is 1. The van der Waals surface area contributed by atoms with Gasteiger partial charge in [-0.1, -0.05) is 0 Å². The molecule has 5 nitrogen and oxygen atoms in total. The smallest absolute Gasteiger partial charge is 0.136 e. The molecule has 0 unspecified atom stereocenters. The fraction of sp³-hybridized carbons (Fsp3) is 0.500. The van der Waals surface area contributed by atoms with E-state index in [1.54, 1.807) is 11.3 Å². The van der Waals surface area contributed by atoms with Crippen molar-refractivity contribution in [3.8, 4) is 0 Å². The summed E-state index contributed by atoms with van der Waals surface area (Å²) in [5.41, 5.74) is 4.08. The van der Waals surface area contributed by atoms with Crippen molar-refractivity contribution in [1.82, 2.24) is 15.0 Å². The summed E-state index contributed by atoms with van der Waals surface area (Å²) in [6.45, 7) is 2.89. The number of nitrogens with one attached hydrogen (secondary N) is 2. The van der Waals surface area contributed by atoms with Crippen LogP contribution in [0.1, 0.15) is 35.8 Å². The highest BCUT2D eigenvalue weighted by atomic mass is 32.1. The summed E-state index contributed by atoms with van der Waals surface area (Å²) in [6.07, 6.45) is 3.34. The predicted octanol–water partition coefficient (Wildman–Crippen LogP) is 2.82. The first kappa shape index (κ1) is 13.3. The summed E-state index contributed by atoms with van der Waals surface area (Å²) in [6, 6.07) is 0. The standard InChI is InChI=1S/C14H19N5S/c1-9-12(15-2)18-14(10-3-4-10)19-13(9)16-6-5-11-7-20-8-17-11/h7-8,10H,3-6H2,1-2H3,(H2,15,16,18,19).